The van der Waals surface area contributed by atoms with Crippen LogP contribution in [0.15, 0.2) is 30.6 Å². The molecule has 0 aliphatic heterocycles. The minimum atomic E-state index is -0.317. The van der Waals surface area contributed by atoms with E-state index in [2.05, 4.69) is 17.2 Å². The second-order valence-corrected chi connectivity index (χ2v) is 6.07. The van der Waals surface area contributed by atoms with Gasteiger partial charge in [0.05, 0.1) is 5.69 Å². The van der Waals surface area contributed by atoms with E-state index in [1.807, 2.05) is 13.0 Å². The molecule has 0 aliphatic carbocycles. The summed E-state index contributed by atoms with van der Waals surface area (Å²) in [5.41, 5.74) is 1.23. The molecular weight excluding hydrogens is 305 g/mol. The van der Waals surface area contributed by atoms with Crippen molar-refractivity contribution in [2.45, 2.75) is 58.9 Å². The standard InChI is InChI=1S/C19H26FN3O/c1-3-4-5-6-7-8-19(24)22-14-16-9-10-18(17(20)13-16)23-12-11-21-15(23)2/h9-13H,3-8,14H2,1-2H3,(H,22,24). The van der Waals surface area contributed by atoms with E-state index >= 15 is 0 Å². The number of aromatic nitrogens is 2. The number of amides is 1. The Morgan fingerprint density at radius 2 is 2.04 bits per heavy atom. The monoisotopic (exact) mass is 331 g/mol. The number of unbranched alkanes of at least 4 members (excludes halogenated alkanes) is 4. The molecule has 0 aliphatic rings. The lowest BCUT2D eigenvalue weighted by Gasteiger charge is -2.09. The number of hydrogen-bond acceptors (Lipinski definition) is 2. The molecule has 0 bridgehead atoms. The molecule has 1 aromatic heterocycles. The number of carbonyl (C=O) groups excluding carboxylic acids is 1. The predicted molar refractivity (Wildman–Crippen MR) is 93.5 cm³/mol. The minimum absolute atomic E-state index is 0.0291. The van der Waals surface area contributed by atoms with Crippen LogP contribution in [-0.4, -0.2) is 15.5 Å². The van der Waals surface area contributed by atoms with Crippen LogP contribution in [0, 0.1) is 12.7 Å². The maximum Gasteiger partial charge on any atom is 0.220 e. The molecule has 0 spiro atoms. The number of rotatable bonds is 9. The molecule has 0 unspecified atom stereocenters. The van der Waals surface area contributed by atoms with Crippen LogP contribution in [0.5, 0.6) is 0 Å². The third kappa shape index (κ3) is 5.18. The van der Waals surface area contributed by atoms with Crippen molar-refractivity contribution in [3.05, 3.63) is 47.8 Å². The van der Waals surface area contributed by atoms with Crippen molar-refractivity contribution in [2.75, 3.05) is 0 Å². The van der Waals surface area contributed by atoms with E-state index in [-0.39, 0.29) is 11.7 Å². The Bertz CT molecular complexity index is 666. The number of halogens is 1. The van der Waals surface area contributed by atoms with Gasteiger partial charge in [-0.1, -0.05) is 38.7 Å². The van der Waals surface area contributed by atoms with Gasteiger partial charge >= 0.3 is 0 Å². The summed E-state index contributed by atoms with van der Waals surface area (Å²) in [4.78, 5) is 15.9. The molecule has 24 heavy (non-hydrogen) atoms. The summed E-state index contributed by atoms with van der Waals surface area (Å²) in [6.45, 7) is 4.35. The summed E-state index contributed by atoms with van der Waals surface area (Å²) < 4.78 is 16.0. The van der Waals surface area contributed by atoms with Crippen molar-refractivity contribution in [1.82, 2.24) is 14.9 Å². The SMILES string of the molecule is CCCCCCCC(=O)NCc1ccc(-n2ccnc2C)c(F)c1. The van der Waals surface area contributed by atoms with Crippen LogP contribution in [-0.2, 0) is 11.3 Å². The number of imidazole rings is 1. The van der Waals surface area contributed by atoms with Gasteiger partial charge < -0.3 is 9.88 Å². The zero-order valence-electron chi connectivity index (χ0n) is 14.5. The van der Waals surface area contributed by atoms with Crippen LogP contribution < -0.4 is 5.32 Å². The molecule has 0 atom stereocenters. The van der Waals surface area contributed by atoms with Gasteiger partial charge in [-0.2, -0.15) is 0 Å². The highest BCUT2D eigenvalue weighted by atomic mass is 19.1. The van der Waals surface area contributed by atoms with E-state index in [1.165, 1.54) is 25.3 Å². The Balaban J connectivity index is 1.82. The molecule has 0 fully saturated rings. The highest BCUT2D eigenvalue weighted by Gasteiger charge is 2.08. The summed E-state index contributed by atoms with van der Waals surface area (Å²) >= 11 is 0. The molecular formula is C19H26FN3O. The van der Waals surface area contributed by atoms with Gasteiger partial charge in [0.15, 0.2) is 0 Å². The number of nitrogens with one attached hydrogen (secondary N) is 1. The lowest BCUT2D eigenvalue weighted by molar-refractivity contribution is -0.121. The quantitative estimate of drug-likeness (QED) is 0.697. The zero-order valence-corrected chi connectivity index (χ0v) is 14.5. The molecule has 1 N–H and O–H groups in total. The molecule has 2 aromatic rings. The van der Waals surface area contributed by atoms with Crippen LogP contribution >= 0.6 is 0 Å². The molecule has 2 rings (SSSR count). The van der Waals surface area contributed by atoms with Crippen LogP contribution in [0.2, 0.25) is 0 Å². The van der Waals surface area contributed by atoms with Crippen LogP contribution in [0.1, 0.15) is 56.8 Å². The summed E-state index contributed by atoms with van der Waals surface area (Å²) in [6.07, 6.45) is 9.53. The molecule has 5 heteroatoms. The summed E-state index contributed by atoms with van der Waals surface area (Å²) in [7, 11) is 0. The first kappa shape index (κ1) is 18.2. The van der Waals surface area contributed by atoms with E-state index < -0.39 is 0 Å². The van der Waals surface area contributed by atoms with Gasteiger partial charge in [0.25, 0.3) is 0 Å². The van der Waals surface area contributed by atoms with Crippen molar-refractivity contribution in [1.29, 1.82) is 0 Å². The first-order valence-electron chi connectivity index (χ1n) is 8.67. The van der Waals surface area contributed by atoms with Crippen molar-refractivity contribution in [3.8, 4) is 5.69 Å². The van der Waals surface area contributed by atoms with Crippen molar-refractivity contribution < 1.29 is 9.18 Å². The number of carbonyl (C=O) groups is 1. The van der Waals surface area contributed by atoms with Gasteiger partial charge in [-0.15, -0.1) is 0 Å². The average molecular weight is 331 g/mol. The van der Waals surface area contributed by atoms with Gasteiger partial charge in [-0.3, -0.25) is 4.79 Å². The van der Waals surface area contributed by atoms with Crippen molar-refractivity contribution >= 4 is 5.91 Å². The fourth-order valence-corrected chi connectivity index (χ4v) is 2.67. The molecule has 0 saturated carbocycles. The van der Waals surface area contributed by atoms with Gasteiger partial charge in [-0.25, -0.2) is 9.37 Å². The first-order valence-corrected chi connectivity index (χ1v) is 8.67. The lowest BCUT2D eigenvalue weighted by Crippen LogP contribution is -2.22. The minimum Gasteiger partial charge on any atom is -0.352 e. The van der Waals surface area contributed by atoms with Crippen molar-refractivity contribution in [3.63, 3.8) is 0 Å². The maximum absolute atomic E-state index is 14.3. The van der Waals surface area contributed by atoms with E-state index in [9.17, 15) is 9.18 Å². The highest BCUT2D eigenvalue weighted by molar-refractivity contribution is 5.75. The van der Waals surface area contributed by atoms with Crippen LogP contribution in [0.4, 0.5) is 4.39 Å². The van der Waals surface area contributed by atoms with Gasteiger partial charge in [0.2, 0.25) is 5.91 Å². The normalized spacial score (nSPS) is 10.8. The fourth-order valence-electron chi connectivity index (χ4n) is 2.67. The Kier molecular flexibility index (Phi) is 6.97. The summed E-state index contributed by atoms with van der Waals surface area (Å²) in [5, 5.41) is 2.86. The molecule has 4 nitrogen and oxygen atoms in total. The molecule has 130 valence electrons. The van der Waals surface area contributed by atoms with Crippen molar-refractivity contribution in [2.24, 2.45) is 0 Å². The molecule has 0 saturated heterocycles. The summed E-state index contributed by atoms with van der Waals surface area (Å²) in [6, 6.07) is 5.02. The topological polar surface area (TPSA) is 46.9 Å². The maximum atomic E-state index is 14.3. The largest absolute Gasteiger partial charge is 0.352 e. The van der Waals surface area contributed by atoms with Gasteiger partial charge in [-0.05, 0) is 31.0 Å². The Morgan fingerprint density at radius 3 is 2.71 bits per heavy atom. The van der Waals surface area contributed by atoms with E-state index in [0.29, 0.717) is 18.7 Å². The molecule has 1 heterocycles. The van der Waals surface area contributed by atoms with Crippen LogP contribution in [0.25, 0.3) is 5.69 Å². The molecule has 1 aromatic carbocycles. The Morgan fingerprint density at radius 1 is 1.25 bits per heavy atom. The number of benzene rings is 1. The fraction of sp³-hybridized carbons (Fsp3) is 0.474. The smallest absolute Gasteiger partial charge is 0.220 e. The zero-order chi connectivity index (χ0) is 17.4. The first-order chi connectivity index (χ1) is 11.6. The third-order valence-electron chi connectivity index (χ3n) is 4.09. The number of hydrogen-bond donors (Lipinski definition) is 1. The predicted octanol–water partition coefficient (Wildman–Crippen LogP) is 4.30. The van der Waals surface area contributed by atoms with Crippen LogP contribution in [0.3, 0.4) is 0 Å². The number of aryl methyl sites for hydroxylation is 1. The van der Waals surface area contributed by atoms with Gasteiger partial charge in [0, 0.05) is 25.4 Å². The van der Waals surface area contributed by atoms with E-state index in [4.69, 9.17) is 0 Å². The average Bonchev–Trinajstić information content (AvgIpc) is 2.99. The Hall–Kier alpha value is -2.17. The molecule has 0 radical (unpaired) electrons. The Labute approximate surface area is 143 Å². The van der Waals surface area contributed by atoms with E-state index in [1.54, 1.807) is 23.0 Å². The highest BCUT2D eigenvalue weighted by Crippen LogP contribution is 2.16. The molecule has 1 amide bonds. The lowest BCUT2D eigenvalue weighted by atomic mass is 10.1. The van der Waals surface area contributed by atoms with Gasteiger partial charge in [0.1, 0.15) is 11.6 Å². The number of nitrogens with zero attached hydrogens (tertiary/aromatic N) is 2. The van der Waals surface area contributed by atoms with E-state index in [0.717, 1.165) is 24.2 Å². The third-order valence-corrected chi connectivity index (χ3v) is 4.09. The second kappa shape index (κ2) is 9.21. The second-order valence-electron chi connectivity index (χ2n) is 6.07. The summed E-state index contributed by atoms with van der Waals surface area (Å²) in [5.74, 6) is 0.446.